The Morgan fingerprint density at radius 3 is 2.58 bits per heavy atom. The van der Waals surface area contributed by atoms with Crippen molar-refractivity contribution >= 4 is 5.69 Å². The van der Waals surface area contributed by atoms with Crippen molar-refractivity contribution in [3.8, 4) is 0 Å². The van der Waals surface area contributed by atoms with E-state index in [-0.39, 0.29) is 5.82 Å². The summed E-state index contributed by atoms with van der Waals surface area (Å²) in [6.07, 6.45) is 0. The van der Waals surface area contributed by atoms with E-state index in [0.29, 0.717) is 0 Å². The molecule has 0 N–H and O–H groups in total. The first-order valence-corrected chi connectivity index (χ1v) is 4.12. The monoisotopic (exact) mass is 167 g/mol. The average molecular weight is 167 g/mol. The fourth-order valence-corrected chi connectivity index (χ4v) is 1.22. The van der Waals surface area contributed by atoms with Crippen LogP contribution < -0.4 is 4.90 Å². The Hall–Kier alpha value is -1.05. The van der Waals surface area contributed by atoms with Crippen molar-refractivity contribution in [1.82, 2.24) is 0 Å². The molecule has 2 heteroatoms. The number of anilines is 1. The van der Waals surface area contributed by atoms with Crippen molar-refractivity contribution in [3.63, 3.8) is 0 Å². The summed E-state index contributed by atoms with van der Waals surface area (Å²) in [5, 5.41) is 0. The smallest absolute Gasteiger partial charge is 0.123 e. The summed E-state index contributed by atoms with van der Waals surface area (Å²) in [5.74, 6) is -0.166. The minimum Gasteiger partial charge on any atom is -0.375 e. The Bertz CT molecular complexity index is 271. The van der Waals surface area contributed by atoms with Gasteiger partial charge in [0, 0.05) is 19.3 Å². The molecule has 1 aromatic carbocycles. The molecule has 1 rings (SSSR count). The summed E-state index contributed by atoms with van der Waals surface area (Å²) < 4.78 is 12.7. The van der Waals surface area contributed by atoms with Gasteiger partial charge in [0.2, 0.25) is 0 Å². The second-order valence-electron chi connectivity index (χ2n) is 2.94. The quantitative estimate of drug-likeness (QED) is 0.654. The molecule has 0 radical (unpaired) electrons. The number of halogens is 1. The van der Waals surface area contributed by atoms with Gasteiger partial charge in [-0.15, -0.1) is 0 Å². The first kappa shape index (κ1) is 9.04. The van der Waals surface area contributed by atoms with Crippen molar-refractivity contribution in [2.24, 2.45) is 0 Å². The molecule has 0 aliphatic rings. The number of hydrogen-bond donors (Lipinski definition) is 0. The van der Waals surface area contributed by atoms with Gasteiger partial charge in [-0.25, -0.2) is 4.39 Å². The first-order valence-electron chi connectivity index (χ1n) is 4.12. The molecule has 0 aliphatic carbocycles. The number of rotatable bonds is 2. The Balaban J connectivity index is 3.01. The highest BCUT2D eigenvalue weighted by atomic mass is 19.1. The maximum atomic E-state index is 12.7. The highest BCUT2D eigenvalue weighted by Crippen LogP contribution is 2.18. The molecule has 1 aromatic rings. The van der Waals surface area contributed by atoms with Gasteiger partial charge in [-0.2, -0.15) is 0 Å². The van der Waals surface area contributed by atoms with Crippen LogP contribution in [0.3, 0.4) is 0 Å². The lowest BCUT2D eigenvalue weighted by Gasteiger charge is -2.18. The lowest BCUT2D eigenvalue weighted by molar-refractivity contribution is 0.626. The summed E-state index contributed by atoms with van der Waals surface area (Å²) in [6.45, 7) is 4.93. The van der Waals surface area contributed by atoms with Crippen molar-refractivity contribution < 1.29 is 4.39 Å². The van der Waals surface area contributed by atoms with Crippen LogP contribution >= 0.6 is 0 Å². The van der Waals surface area contributed by atoms with Crippen LogP contribution in [0, 0.1) is 12.7 Å². The summed E-state index contributed by atoms with van der Waals surface area (Å²) in [7, 11) is 2.00. The summed E-state index contributed by atoms with van der Waals surface area (Å²) >= 11 is 0. The Labute approximate surface area is 72.8 Å². The zero-order valence-electron chi connectivity index (χ0n) is 7.76. The van der Waals surface area contributed by atoms with E-state index in [4.69, 9.17) is 0 Å². The molecule has 0 spiro atoms. The van der Waals surface area contributed by atoms with Crippen molar-refractivity contribution in [2.75, 3.05) is 18.5 Å². The van der Waals surface area contributed by atoms with Crippen molar-refractivity contribution in [2.45, 2.75) is 13.8 Å². The highest BCUT2D eigenvalue weighted by molar-refractivity contribution is 5.52. The normalized spacial score (nSPS) is 10.0. The summed E-state index contributed by atoms with van der Waals surface area (Å²) in [6, 6.07) is 4.87. The average Bonchev–Trinajstić information content (AvgIpc) is 2.03. The minimum atomic E-state index is -0.166. The zero-order valence-corrected chi connectivity index (χ0v) is 7.76. The number of nitrogens with zero attached hydrogens (tertiary/aromatic N) is 1. The molecule has 0 amide bonds. The zero-order chi connectivity index (χ0) is 9.14. The van der Waals surface area contributed by atoms with Crippen LogP contribution in [0.2, 0.25) is 0 Å². The molecule has 66 valence electrons. The minimum absolute atomic E-state index is 0.166. The summed E-state index contributed by atoms with van der Waals surface area (Å²) in [5.41, 5.74) is 2.08. The first-order chi connectivity index (χ1) is 5.65. The molecule has 0 aliphatic heterocycles. The third-order valence-corrected chi connectivity index (χ3v) is 2.04. The molecule has 0 heterocycles. The van der Waals surface area contributed by atoms with Gasteiger partial charge in [-0.05, 0) is 37.6 Å². The van der Waals surface area contributed by atoms with E-state index in [0.717, 1.165) is 17.8 Å². The van der Waals surface area contributed by atoms with Crippen LogP contribution in [0.4, 0.5) is 10.1 Å². The molecular formula is C10H14FN. The molecule has 0 fully saturated rings. The molecule has 0 saturated heterocycles. The van der Waals surface area contributed by atoms with Gasteiger partial charge in [0.15, 0.2) is 0 Å². The van der Waals surface area contributed by atoms with Crippen LogP contribution in [0.15, 0.2) is 18.2 Å². The third-order valence-electron chi connectivity index (χ3n) is 2.04. The van der Waals surface area contributed by atoms with Crippen LogP contribution in [0.5, 0.6) is 0 Å². The van der Waals surface area contributed by atoms with Gasteiger partial charge >= 0.3 is 0 Å². The number of aryl methyl sites for hydroxylation is 1. The predicted molar refractivity (Wildman–Crippen MR) is 50.1 cm³/mol. The lowest BCUT2D eigenvalue weighted by atomic mass is 10.2. The van der Waals surface area contributed by atoms with E-state index in [1.807, 2.05) is 20.0 Å². The van der Waals surface area contributed by atoms with Crippen molar-refractivity contribution in [3.05, 3.63) is 29.6 Å². The Morgan fingerprint density at radius 1 is 1.42 bits per heavy atom. The molecule has 0 bridgehead atoms. The second-order valence-corrected chi connectivity index (χ2v) is 2.94. The van der Waals surface area contributed by atoms with Crippen LogP contribution in [-0.2, 0) is 0 Å². The van der Waals surface area contributed by atoms with Crippen molar-refractivity contribution in [1.29, 1.82) is 0 Å². The van der Waals surface area contributed by atoms with Gasteiger partial charge in [-0.3, -0.25) is 0 Å². The van der Waals surface area contributed by atoms with Gasteiger partial charge in [0.25, 0.3) is 0 Å². The molecule has 0 aromatic heterocycles. The van der Waals surface area contributed by atoms with Crippen LogP contribution in [0.25, 0.3) is 0 Å². The van der Waals surface area contributed by atoms with E-state index in [1.165, 1.54) is 6.07 Å². The lowest BCUT2D eigenvalue weighted by Crippen LogP contribution is -2.16. The van der Waals surface area contributed by atoms with E-state index in [2.05, 4.69) is 11.8 Å². The molecule has 12 heavy (non-hydrogen) atoms. The predicted octanol–water partition coefficient (Wildman–Crippen LogP) is 2.59. The van der Waals surface area contributed by atoms with Gasteiger partial charge in [0.1, 0.15) is 5.82 Å². The Kier molecular flexibility index (Phi) is 2.69. The number of benzene rings is 1. The molecule has 1 nitrogen and oxygen atoms in total. The maximum absolute atomic E-state index is 12.7. The van der Waals surface area contributed by atoms with Crippen LogP contribution in [-0.4, -0.2) is 13.6 Å². The largest absolute Gasteiger partial charge is 0.375 e. The van der Waals surface area contributed by atoms with E-state index >= 15 is 0 Å². The summed E-state index contributed by atoms with van der Waals surface area (Å²) in [4.78, 5) is 2.09. The standard InChI is InChI=1S/C10H14FN/c1-4-12(3)10-6-5-9(11)7-8(10)2/h5-7H,4H2,1-3H3. The Morgan fingerprint density at radius 2 is 2.08 bits per heavy atom. The number of hydrogen-bond acceptors (Lipinski definition) is 1. The SMILES string of the molecule is CCN(C)c1ccc(F)cc1C. The molecule has 0 atom stereocenters. The second kappa shape index (κ2) is 3.57. The van der Waals surface area contributed by atoms with E-state index in [9.17, 15) is 4.39 Å². The topological polar surface area (TPSA) is 3.24 Å². The van der Waals surface area contributed by atoms with Gasteiger partial charge in [0.05, 0.1) is 0 Å². The van der Waals surface area contributed by atoms with Gasteiger partial charge < -0.3 is 4.90 Å². The van der Waals surface area contributed by atoms with Crippen LogP contribution in [0.1, 0.15) is 12.5 Å². The molecular weight excluding hydrogens is 153 g/mol. The molecule has 0 unspecified atom stereocenters. The maximum Gasteiger partial charge on any atom is 0.123 e. The fourth-order valence-electron chi connectivity index (χ4n) is 1.22. The van der Waals surface area contributed by atoms with E-state index < -0.39 is 0 Å². The van der Waals surface area contributed by atoms with Gasteiger partial charge in [-0.1, -0.05) is 0 Å². The molecule has 0 saturated carbocycles. The van der Waals surface area contributed by atoms with E-state index in [1.54, 1.807) is 6.07 Å². The highest BCUT2D eigenvalue weighted by Gasteiger charge is 2.02. The fraction of sp³-hybridized carbons (Fsp3) is 0.400. The third kappa shape index (κ3) is 1.76.